The van der Waals surface area contributed by atoms with E-state index in [0.717, 1.165) is 23.5 Å². The van der Waals surface area contributed by atoms with Gasteiger partial charge in [-0.3, -0.25) is 4.79 Å². The van der Waals surface area contributed by atoms with Gasteiger partial charge in [0.2, 0.25) is 5.91 Å². The molecule has 2 nitrogen and oxygen atoms in total. The number of amides is 1. The van der Waals surface area contributed by atoms with Gasteiger partial charge in [0.1, 0.15) is 0 Å². The number of rotatable bonds is 7. The number of hydrogen-bond acceptors (Lipinski definition) is 2. The van der Waals surface area contributed by atoms with Crippen molar-refractivity contribution in [3.8, 4) is 0 Å². The number of benzene rings is 1. The van der Waals surface area contributed by atoms with E-state index in [4.69, 9.17) is 0 Å². The molecule has 1 N–H and O–H groups in total. The lowest BCUT2D eigenvalue weighted by atomic mass is 9.84. The van der Waals surface area contributed by atoms with Gasteiger partial charge in [0.05, 0.1) is 5.75 Å². The van der Waals surface area contributed by atoms with E-state index in [2.05, 4.69) is 36.5 Å². The van der Waals surface area contributed by atoms with E-state index in [9.17, 15) is 4.79 Å². The summed E-state index contributed by atoms with van der Waals surface area (Å²) >= 11 is 1.68. The van der Waals surface area contributed by atoms with E-state index in [-0.39, 0.29) is 5.91 Å². The molecule has 0 heterocycles. The summed E-state index contributed by atoms with van der Waals surface area (Å²) in [5.41, 5.74) is 1.21. The molecular weight excluding hydrogens is 302 g/mol. The van der Waals surface area contributed by atoms with Crippen molar-refractivity contribution in [3.63, 3.8) is 0 Å². The van der Waals surface area contributed by atoms with Crippen LogP contribution in [0.5, 0.6) is 0 Å². The first kappa shape index (κ1) is 16.6. The summed E-state index contributed by atoms with van der Waals surface area (Å²) in [5.74, 6) is 4.17. The summed E-state index contributed by atoms with van der Waals surface area (Å²) in [7, 11) is 0. The Morgan fingerprint density at radius 1 is 1.30 bits per heavy atom. The third kappa shape index (κ3) is 4.63. The SMILES string of the molecule is C[C@H](NC(=O)CSC/C=C\c1ccccc1)[C@H]1C[C@H]2CC[C@H]1C2. The molecule has 4 atom stereocenters. The van der Waals surface area contributed by atoms with Crippen LogP contribution in [0.4, 0.5) is 0 Å². The monoisotopic (exact) mass is 329 g/mol. The Morgan fingerprint density at radius 2 is 2.13 bits per heavy atom. The quantitative estimate of drug-likeness (QED) is 0.752. The van der Waals surface area contributed by atoms with E-state index in [1.807, 2.05) is 18.2 Å². The molecule has 1 aromatic carbocycles. The van der Waals surface area contributed by atoms with Crippen molar-refractivity contribution < 1.29 is 4.79 Å². The Labute approximate surface area is 144 Å². The molecule has 1 aromatic rings. The fourth-order valence-electron chi connectivity index (χ4n) is 4.28. The molecule has 0 spiro atoms. The largest absolute Gasteiger partial charge is 0.353 e. The zero-order valence-corrected chi connectivity index (χ0v) is 14.7. The van der Waals surface area contributed by atoms with Gasteiger partial charge in [0.15, 0.2) is 0 Å². The van der Waals surface area contributed by atoms with Gasteiger partial charge in [-0.1, -0.05) is 48.9 Å². The van der Waals surface area contributed by atoms with Gasteiger partial charge in [-0.15, -0.1) is 11.8 Å². The van der Waals surface area contributed by atoms with Gasteiger partial charge in [-0.25, -0.2) is 0 Å². The second kappa shape index (κ2) is 8.05. The molecule has 1 amide bonds. The fourth-order valence-corrected chi connectivity index (χ4v) is 4.90. The van der Waals surface area contributed by atoms with Gasteiger partial charge in [0, 0.05) is 11.8 Å². The number of nitrogens with one attached hydrogen (secondary N) is 1. The van der Waals surface area contributed by atoms with Crippen molar-refractivity contribution in [1.82, 2.24) is 5.32 Å². The predicted molar refractivity (Wildman–Crippen MR) is 99.3 cm³/mol. The maximum absolute atomic E-state index is 12.1. The van der Waals surface area contributed by atoms with Crippen molar-refractivity contribution in [2.75, 3.05) is 11.5 Å². The Balaban J connectivity index is 1.33. The molecule has 2 bridgehead atoms. The summed E-state index contributed by atoms with van der Waals surface area (Å²) in [6, 6.07) is 10.6. The lowest BCUT2D eigenvalue weighted by molar-refractivity contribution is -0.119. The van der Waals surface area contributed by atoms with Crippen molar-refractivity contribution >= 4 is 23.7 Å². The average molecular weight is 330 g/mol. The van der Waals surface area contributed by atoms with Crippen LogP contribution < -0.4 is 5.32 Å². The molecule has 0 unspecified atom stereocenters. The lowest BCUT2D eigenvalue weighted by Crippen LogP contribution is -2.40. The average Bonchev–Trinajstić information content (AvgIpc) is 3.18. The predicted octanol–water partition coefficient (Wildman–Crippen LogP) is 4.37. The Morgan fingerprint density at radius 3 is 2.83 bits per heavy atom. The number of fused-ring (bicyclic) bond motifs is 2. The Hall–Kier alpha value is -1.22. The van der Waals surface area contributed by atoms with Gasteiger partial charge in [-0.05, 0) is 49.5 Å². The zero-order chi connectivity index (χ0) is 16.1. The molecule has 124 valence electrons. The molecule has 3 heteroatoms. The molecule has 2 aliphatic rings. The van der Waals surface area contributed by atoms with Crippen LogP contribution in [-0.4, -0.2) is 23.5 Å². The van der Waals surface area contributed by atoms with Gasteiger partial charge in [-0.2, -0.15) is 0 Å². The third-order valence-corrected chi connectivity index (χ3v) is 6.28. The maximum atomic E-state index is 12.1. The first-order valence-electron chi connectivity index (χ1n) is 8.81. The summed E-state index contributed by atoms with van der Waals surface area (Å²) in [6.45, 7) is 2.20. The number of carbonyl (C=O) groups is 1. The Kier molecular flexibility index (Phi) is 5.82. The van der Waals surface area contributed by atoms with Crippen molar-refractivity contribution in [2.45, 2.75) is 38.6 Å². The molecule has 2 saturated carbocycles. The number of carbonyl (C=O) groups excluding carboxylic acids is 1. The minimum atomic E-state index is 0.193. The summed E-state index contributed by atoms with van der Waals surface area (Å²) in [4.78, 5) is 12.1. The second-order valence-electron chi connectivity index (χ2n) is 7.02. The van der Waals surface area contributed by atoms with Crippen LogP contribution in [-0.2, 0) is 4.79 Å². The fraction of sp³-hybridized carbons (Fsp3) is 0.550. The standard InChI is InChI=1S/C20H27NOS/c1-15(19-13-17-9-10-18(19)12-17)21-20(22)14-23-11-5-8-16-6-3-2-4-7-16/h2-8,15,17-19H,9-14H2,1H3,(H,21,22)/b8-5-/t15-,17-,18-,19+/m0/s1. The van der Waals surface area contributed by atoms with Crippen molar-refractivity contribution in [2.24, 2.45) is 17.8 Å². The van der Waals surface area contributed by atoms with Gasteiger partial charge >= 0.3 is 0 Å². The molecule has 0 aromatic heterocycles. The zero-order valence-electron chi connectivity index (χ0n) is 13.9. The van der Waals surface area contributed by atoms with Crippen LogP contribution in [0.15, 0.2) is 36.4 Å². The highest BCUT2D eigenvalue weighted by molar-refractivity contribution is 8.00. The molecule has 2 aliphatic carbocycles. The van der Waals surface area contributed by atoms with Gasteiger partial charge in [0.25, 0.3) is 0 Å². The molecule has 23 heavy (non-hydrogen) atoms. The summed E-state index contributed by atoms with van der Waals surface area (Å²) in [6.07, 6.45) is 9.79. The van der Waals surface area contributed by atoms with E-state index < -0.39 is 0 Å². The first-order valence-corrected chi connectivity index (χ1v) is 9.96. The van der Waals surface area contributed by atoms with E-state index in [1.165, 1.54) is 31.2 Å². The summed E-state index contributed by atoms with van der Waals surface area (Å²) < 4.78 is 0. The van der Waals surface area contributed by atoms with E-state index >= 15 is 0 Å². The second-order valence-corrected chi connectivity index (χ2v) is 8.05. The van der Waals surface area contributed by atoms with Crippen LogP contribution in [0.3, 0.4) is 0 Å². The number of hydrogen-bond donors (Lipinski definition) is 1. The van der Waals surface area contributed by atoms with E-state index in [1.54, 1.807) is 11.8 Å². The molecule has 3 rings (SSSR count). The molecule has 0 aliphatic heterocycles. The highest BCUT2D eigenvalue weighted by Crippen LogP contribution is 2.49. The lowest BCUT2D eigenvalue weighted by Gasteiger charge is -2.28. The van der Waals surface area contributed by atoms with Gasteiger partial charge < -0.3 is 5.32 Å². The van der Waals surface area contributed by atoms with Crippen LogP contribution >= 0.6 is 11.8 Å². The maximum Gasteiger partial charge on any atom is 0.230 e. The van der Waals surface area contributed by atoms with Crippen LogP contribution in [0.1, 0.15) is 38.2 Å². The molecule has 0 radical (unpaired) electrons. The smallest absolute Gasteiger partial charge is 0.230 e. The molecule has 0 saturated heterocycles. The highest BCUT2D eigenvalue weighted by atomic mass is 32.2. The first-order chi connectivity index (χ1) is 11.2. The van der Waals surface area contributed by atoms with Crippen LogP contribution in [0, 0.1) is 17.8 Å². The Bertz CT molecular complexity index is 542. The van der Waals surface area contributed by atoms with Crippen LogP contribution in [0.2, 0.25) is 0 Å². The molecular formula is C20H27NOS. The normalized spacial score (nSPS) is 27.4. The topological polar surface area (TPSA) is 29.1 Å². The summed E-state index contributed by atoms with van der Waals surface area (Å²) in [5, 5.41) is 3.23. The third-order valence-electron chi connectivity index (χ3n) is 5.38. The minimum absolute atomic E-state index is 0.193. The highest BCUT2D eigenvalue weighted by Gasteiger charge is 2.41. The van der Waals surface area contributed by atoms with Crippen molar-refractivity contribution in [1.29, 1.82) is 0 Å². The number of thioether (sulfide) groups is 1. The minimum Gasteiger partial charge on any atom is -0.353 e. The molecule has 2 fully saturated rings. The van der Waals surface area contributed by atoms with Crippen LogP contribution in [0.25, 0.3) is 6.08 Å². The van der Waals surface area contributed by atoms with Crippen molar-refractivity contribution in [3.05, 3.63) is 42.0 Å². The van der Waals surface area contributed by atoms with E-state index in [0.29, 0.717) is 11.8 Å².